The zero-order valence-electron chi connectivity index (χ0n) is 11.7. The van der Waals surface area contributed by atoms with Crippen molar-refractivity contribution < 1.29 is 9.59 Å². The predicted octanol–water partition coefficient (Wildman–Crippen LogP) is 0.652. The van der Waals surface area contributed by atoms with E-state index in [4.69, 9.17) is 0 Å². The number of hydrogen-bond donors (Lipinski definition) is 1. The van der Waals surface area contributed by atoms with Gasteiger partial charge in [0, 0.05) is 25.7 Å². The number of hydrogen-bond acceptors (Lipinski definition) is 5. The molecule has 0 spiro atoms. The largest absolute Gasteiger partial charge is 0.299 e. The molecule has 0 aromatic carbocycles. The molecule has 3 heterocycles. The molecule has 1 aliphatic rings. The van der Waals surface area contributed by atoms with Crippen molar-refractivity contribution in [2.24, 2.45) is 0 Å². The van der Waals surface area contributed by atoms with Crippen molar-refractivity contribution >= 4 is 17.6 Å². The molecule has 1 N–H and O–H groups in total. The van der Waals surface area contributed by atoms with Gasteiger partial charge in [0.25, 0.3) is 11.7 Å². The molecular weight excluding hydrogens is 272 g/mol. The molecule has 1 amide bonds. The number of anilines is 1. The van der Waals surface area contributed by atoms with Gasteiger partial charge in [-0.1, -0.05) is 0 Å². The van der Waals surface area contributed by atoms with E-state index in [1.165, 1.54) is 6.20 Å². The van der Waals surface area contributed by atoms with E-state index in [1.807, 2.05) is 11.5 Å². The number of rotatable bonds is 4. The van der Waals surface area contributed by atoms with Gasteiger partial charge in [0.2, 0.25) is 5.95 Å². The van der Waals surface area contributed by atoms with Crippen LogP contribution in [0.3, 0.4) is 0 Å². The third-order valence-electron chi connectivity index (χ3n) is 3.51. The zero-order chi connectivity index (χ0) is 14.8. The lowest BCUT2D eigenvalue weighted by Gasteiger charge is -2.14. The maximum atomic E-state index is 12.0. The van der Waals surface area contributed by atoms with Crippen molar-refractivity contribution in [1.82, 2.24) is 24.5 Å². The van der Waals surface area contributed by atoms with Crippen LogP contribution in [-0.4, -0.2) is 36.2 Å². The molecule has 0 bridgehead atoms. The van der Waals surface area contributed by atoms with Crippen LogP contribution in [0.25, 0.3) is 0 Å². The minimum atomic E-state index is -0.716. The molecule has 0 saturated heterocycles. The molecule has 0 fully saturated rings. The number of nitrogens with zero attached hydrogens (tertiary/aromatic N) is 5. The highest BCUT2D eigenvalue weighted by molar-refractivity contribution is 6.46. The minimum Gasteiger partial charge on any atom is -0.297 e. The van der Waals surface area contributed by atoms with Gasteiger partial charge in [-0.05, 0) is 19.8 Å². The van der Waals surface area contributed by atoms with Crippen LogP contribution in [0.5, 0.6) is 0 Å². The van der Waals surface area contributed by atoms with Gasteiger partial charge in [0.15, 0.2) is 0 Å². The Hall–Kier alpha value is -2.51. The van der Waals surface area contributed by atoms with Gasteiger partial charge < -0.3 is 0 Å². The van der Waals surface area contributed by atoms with E-state index < -0.39 is 11.7 Å². The number of carbonyl (C=O) groups is 2. The van der Waals surface area contributed by atoms with Crippen LogP contribution < -0.4 is 5.32 Å². The van der Waals surface area contributed by atoms with Crippen molar-refractivity contribution in [2.45, 2.75) is 39.3 Å². The number of ketones is 1. The quantitative estimate of drug-likeness (QED) is 0.658. The molecule has 8 heteroatoms. The number of nitrogens with one attached hydrogen (secondary N) is 1. The van der Waals surface area contributed by atoms with Crippen molar-refractivity contribution in [3.63, 3.8) is 0 Å². The number of Topliss-reactive ketones (excluding diaryl/α,β-unsaturated/α-hetero) is 1. The number of aromatic nitrogens is 5. The summed E-state index contributed by atoms with van der Waals surface area (Å²) < 4.78 is 3.45. The van der Waals surface area contributed by atoms with Gasteiger partial charge in [-0.15, -0.1) is 10.2 Å². The van der Waals surface area contributed by atoms with Gasteiger partial charge in [-0.25, -0.2) is 0 Å². The Bertz CT molecular complexity index is 687. The second kappa shape index (κ2) is 5.47. The highest BCUT2D eigenvalue weighted by atomic mass is 16.2. The molecule has 3 rings (SSSR count). The van der Waals surface area contributed by atoms with Crippen molar-refractivity contribution in [3.05, 3.63) is 23.8 Å². The van der Waals surface area contributed by atoms with Crippen LogP contribution in [-0.2, 0) is 24.3 Å². The second-order valence-electron chi connectivity index (χ2n) is 4.92. The fourth-order valence-corrected chi connectivity index (χ4v) is 2.34. The van der Waals surface area contributed by atoms with E-state index in [1.54, 1.807) is 10.9 Å². The molecule has 0 radical (unpaired) electrons. The summed E-state index contributed by atoms with van der Waals surface area (Å²) in [5, 5.41) is 14.5. The molecule has 1 aliphatic heterocycles. The average molecular weight is 288 g/mol. The van der Waals surface area contributed by atoms with Gasteiger partial charge in [0.1, 0.15) is 5.82 Å². The third-order valence-corrected chi connectivity index (χ3v) is 3.51. The Morgan fingerprint density at radius 3 is 2.95 bits per heavy atom. The Kier molecular flexibility index (Phi) is 3.51. The standard InChI is InChI=1S/C13H16N6O2/c1-2-18-8-9(7-14-18)11(20)12(21)15-13-17-16-10-5-3-4-6-19(10)13/h7-8H,2-6H2,1H3,(H,15,17,21). The molecule has 2 aromatic rings. The molecule has 0 aliphatic carbocycles. The predicted molar refractivity (Wildman–Crippen MR) is 73.8 cm³/mol. The molecule has 2 aromatic heterocycles. The van der Waals surface area contributed by atoms with E-state index in [-0.39, 0.29) is 5.56 Å². The van der Waals surface area contributed by atoms with Crippen molar-refractivity contribution in [1.29, 1.82) is 0 Å². The Morgan fingerprint density at radius 2 is 2.19 bits per heavy atom. The van der Waals surface area contributed by atoms with Gasteiger partial charge in [-0.2, -0.15) is 5.10 Å². The SMILES string of the molecule is CCn1cc(C(=O)C(=O)Nc2nnc3n2CCCC3)cn1. The summed E-state index contributed by atoms with van der Waals surface area (Å²) in [5.74, 6) is -0.150. The summed E-state index contributed by atoms with van der Waals surface area (Å²) in [6.07, 6.45) is 5.89. The van der Waals surface area contributed by atoms with E-state index in [9.17, 15) is 9.59 Å². The monoisotopic (exact) mass is 288 g/mol. The van der Waals surface area contributed by atoms with Crippen molar-refractivity contribution in [2.75, 3.05) is 5.32 Å². The van der Waals surface area contributed by atoms with Crippen LogP contribution in [0.4, 0.5) is 5.95 Å². The van der Waals surface area contributed by atoms with E-state index >= 15 is 0 Å². The molecule has 0 unspecified atom stereocenters. The first-order valence-electron chi connectivity index (χ1n) is 6.99. The summed E-state index contributed by atoms with van der Waals surface area (Å²) in [6.45, 7) is 3.32. The van der Waals surface area contributed by atoms with Crippen LogP contribution >= 0.6 is 0 Å². The topological polar surface area (TPSA) is 94.7 Å². The fourth-order valence-electron chi connectivity index (χ4n) is 2.34. The first-order valence-corrected chi connectivity index (χ1v) is 6.99. The summed E-state index contributed by atoms with van der Waals surface area (Å²) in [5.41, 5.74) is 0.271. The van der Waals surface area contributed by atoms with Gasteiger partial charge in [0.05, 0.1) is 11.8 Å². The first-order chi connectivity index (χ1) is 10.2. The third kappa shape index (κ3) is 2.56. The van der Waals surface area contributed by atoms with Gasteiger partial charge in [-0.3, -0.25) is 24.2 Å². The highest BCUT2D eigenvalue weighted by Crippen LogP contribution is 2.17. The van der Waals surface area contributed by atoms with E-state index in [2.05, 4.69) is 20.6 Å². The first kappa shape index (κ1) is 13.5. The normalized spacial score (nSPS) is 13.8. The maximum absolute atomic E-state index is 12.0. The smallest absolute Gasteiger partial charge is 0.297 e. The van der Waals surface area contributed by atoms with Crippen LogP contribution in [0.2, 0.25) is 0 Å². The minimum absolute atomic E-state index is 0.271. The summed E-state index contributed by atoms with van der Waals surface area (Å²) in [6, 6.07) is 0. The lowest BCUT2D eigenvalue weighted by molar-refractivity contribution is -0.112. The Labute approximate surface area is 121 Å². The fraction of sp³-hybridized carbons (Fsp3) is 0.462. The van der Waals surface area contributed by atoms with Crippen LogP contribution in [0.1, 0.15) is 35.9 Å². The van der Waals surface area contributed by atoms with Crippen molar-refractivity contribution in [3.8, 4) is 0 Å². The average Bonchev–Trinajstić information content (AvgIpc) is 3.14. The van der Waals surface area contributed by atoms with Gasteiger partial charge >= 0.3 is 0 Å². The summed E-state index contributed by atoms with van der Waals surface area (Å²) in [7, 11) is 0. The number of aryl methyl sites for hydroxylation is 2. The molecule has 110 valence electrons. The number of amides is 1. The van der Waals surface area contributed by atoms with E-state index in [0.29, 0.717) is 12.5 Å². The Morgan fingerprint density at radius 1 is 1.33 bits per heavy atom. The molecule has 0 atom stereocenters. The molecular formula is C13H16N6O2. The number of carbonyl (C=O) groups excluding carboxylic acids is 2. The molecule has 21 heavy (non-hydrogen) atoms. The lowest BCUT2D eigenvalue weighted by atomic mass is 10.2. The Balaban J connectivity index is 1.74. The molecule has 0 saturated carbocycles. The maximum Gasteiger partial charge on any atom is 0.299 e. The molecule has 8 nitrogen and oxygen atoms in total. The highest BCUT2D eigenvalue weighted by Gasteiger charge is 2.22. The van der Waals surface area contributed by atoms with E-state index in [0.717, 1.165) is 31.6 Å². The lowest BCUT2D eigenvalue weighted by Crippen LogP contribution is -2.25. The van der Waals surface area contributed by atoms with Crippen LogP contribution in [0, 0.1) is 0 Å². The summed E-state index contributed by atoms with van der Waals surface area (Å²) >= 11 is 0. The second-order valence-corrected chi connectivity index (χ2v) is 4.92. The summed E-state index contributed by atoms with van der Waals surface area (Å²) in [4.78, 5) is 24.1. The zero-order valence-corrected chi connectivity index (χ0v) is 11.7. The van der Waals surface area contributed by atoms with Crippen LogP contribution in [0.15, 0.2) is 12.4 Å². The number of fused-ring (bicyclic) bond motifs is 1.